The van der Waals surface area contributed by atoms with Crippen LogP contribution in [-0.2, 0) is 0 Å². The molecule has 0 bridgehead atoms. The molecule has 1 rings (SSSR count). The van der Waals surface area contributed by atoms with Crippen LogP contribution in [0, 0.1) is 13.8 Å². The predicted molar refractivity (Wildman–Crippen MR) is 69.8 cm³/mol. The SMILES string of the molecule is CCNC(C)/C=C/c1cc(C)c(O)c(C)c1. The van der Waals surface area contributed by atoms with Crippen LogP contribution in [0.2, 0.25) is 0 Å². The van der Waals surface area contributed by atoms with Crippen LogP contribution in [0.4, 0.5) is 0 Å². The van der Waals surface area contributed by atoms with Crippen molar-refractivity contribution in [2.24, 2.45) is 0 Å². The van der Waals surface area contributed by atoms with Crippen molar-refractivity contribution in [3.63, 3.8) is 0 Å². The van der Waals surface area contributed by atoms with Gasteiger partial charge >= 0.3 is 0 Å². The van der Waals surface area contributed by atoms with Crippen LogP contribution in [0.5, 0.6) is 5.75 Å². The van der Waals surface area contributed by atoms with E-state index in [4.69, 9.17) is 0 Å². The van der Waals surface area contributed by atoms with Crippen LogP contribution in [0.15, 0.2) is 18.2 Å². The maximum Gasteiger partial charge on any atom is 0.121 e. The van der Waals surface area contributed by atoms with Gasteiger partial charge in [-0.25, -0.2) is 0 Å². The van der Waals surface area contributed by atoms with Gasteiger partial charge < -0.3 is 10.4 Å². The lowest BCUT2D eigenvalue weighted by Crippen LogP contribution is -2.22. The molecule has 0 aromatic heterocycles. The van der Waals surface area contributed by atoms with Gasteiger partial charge in [0.15, 0.2) is 0 Å². The van der Waals surface area contributed by atoms with Crippen molar-refractivity contribution in [1.82, 2.24) is 5.32 Å². The van der Waals surface area contributed by atoms with Crippen LogP contribution in [0.25, 0.3) is 6.08 Å². The topological polar surface area (TPSA) is 32.3 Å². The lowest BCUT2D eigenvalue weighted by molar-refractivity contribution is 0.467. The van der Waals surface area contributed by atoms with Crippen molar-refractivity contribution < 1.29 is 5.11 Å². The first kappa shape index (κ1) is 12.8. The average molecular weight is 219 g/mol. The second-order valence-electron chi connectivity index (χ2n) is 4.21. The van der Waals surface area contributed by atoms with E-state index < -0.39 is 0 Å². The summed E-state index contributed by atoms with van der Waals surface area (Å²) in [6.45, 7) is 9.04. The van der Waals surface area contributed by atoms with E-state index in [0.29, 0.717) is 11.8 Å². The minimum atomic E-state index is 0.374. The molecule has 1 unspecified atom stereocenters. The molecule has 1 aromatic carbocycles. The molecule has 2 heteroatoms. The summed E-state index contributed by atoms with van der Waals surface area (Å²) in [5.41, 5.74) is 2.99. The highest BCUT2D eigenvalue weighted by Crippen LogP contribution is 2.23. The van der Waals surface area contributed by atoms with Gasteiger partial charge in [-0.1, -0.05) is 19.1 Å². The number of rotatable bonds is 4. The first-order valence-corrected chi connectivity index (χ1v) is 5.76. The van der Waals surface area contributed by atoms with Gasteiger partial charge in [0.05, 0.1) is 0 Å². The van der Waals surface area contributed by atoms with Gasteiger partial charge in [0.25, 0.3) is 0 Å². The molecular weight excluding hydrogens is 198 g/mol. The summed E-state index contributed by atoms with van der Waals surface area (Å²) in [4.78, 5) is 0. The molecule has 0 aliphatic carbocycles. The zero-order valence-electron chi connectivity index (χ0n) is 10.5. The summed E-state index contributed by atoms with van der Waals surface area (Å²) in [7, 11) is 0. The van der Waals surface area contributed by atoms with E-state index in [1.54, 1.807) is 0 Å². The summed E-state index contributed by atoms with van der Waals surface area (Å²) in [5, 5.41) is 13.0. The molecular formula is C14H21NO. The Morgan fingerprint density at radius 3 is 2.38 bits per heavy atom. The Morgan fingerprint density at radius 1 is 1.31 bits per heavy atom. The second kappa shape index (κ2) is 5.71. The van der Waals surface area contributed by atoms with E-state index in [0.717, 1.165) is 23.2 Å². The minimum Gasteiger partial charge on any atom is -0.507 e. The van der Waals surface area contributed by atoms with Crippen molar-refractivity contribution >= 4 is 6.08 Å². The van der Waals surface area contributed by atoms with Gasteiger partial charge in [-0.2, -0.15) is 0 Å². The van der Waals surface area contributed by atoms with Crippen molar-refractivity contribution in [2.45, 2.75) is 33.7 Å². The largest absolute Gasteiger partial charge is 0.507 e. The summed E-state index contributed by atoms with van der Waals surface area (Å²) < 4.78 is 0. The number of benzene rings is 1. The number of hydrogen-bond acceptors (Lipinski definition) is 2. The second-order valence-corrected chi connectivity index (χ2v) is 4.21. The molecule has 0 fully saturated rings. The Labute approximate surface area is 98.0 Å². The number of phenols is 1. The standard InChI is InChI=1S/C14H21NO/c1-5-15-12(4)6-7-13-8-10(2)14(16)11(3)9-13/h6-9,12,15-16H,5H2,1-4H3/b7-6+. The fraction of sp³-hybridized carbons (Fsp3) is 0.429. The number of aromatic hydroxyl groups is 1. The molecule has 1 aromatic rings. The number of nitrogens with one attached hydrogen (secondary N) is 1. The van der Waals surface area contributed by atoms with Crippen LogP contribution >= 0.6 is 0 Å². The average Bonchev–Trinajstić information content (AvgIpc) is 2.23. The van der Waals surface area contributed by atoms with E-state index in [1.165, 1.54) is 0 Å². The number of phenolic OH excluding ortho intramolecular Hbond substituents is 1. The monoisotopic (exact) mass is 219 g/mol. The Hall–Kier alpha value is -1.28. The molecule has 1 atom stereocenters. The number of likely N-dealkylation sites (N-methyl/N-ethyl adjacent to an activating group) is 1. The van der Waals surface area contributed by atoms with Gasteiger partial charge in [0.1, 0.15) is 5.75 Å². The molecule has 0 saturated heterocycles. The van der Waals surface area contributed by atoms with Gasteiger partial charge in [-0.3, -0.25) is 0 Å². The highest BCUT2D eigenvalue weighted by Gasteiger charge is 2.01. The maximum atomic E-state index is 9.66. The summed E-state index contributed by atoms with van der Waals surface area (Å²) >= 11 is 0. The third-order valence-corrected chi connectivity index (χ3v) is 2.62. The lowest BCUT2D eigenvalue weighted by atomic mass is 10.0. The molecule has 0 saturated carbocycles. The normalized spacial score (nSPS) is 13.2. The van der Waals surface area contributed by atoms with Crippen LogP contribution in [-0.4, -0.2) is 17.7 Å². The summed E-state index contributed by atoms with van der Waals surface area (Å²) in [6.07, 6.45) is 4.22. The van der Waals surface area contributed by atoms with E-state index in [-0.39, 0.29) is 0 Å². The molecule has 0 spiro atoms. The molecule has 0 amide bonds. The number of aryl methyl sites for hydroxylation is 2. The van der Waals surface area contributed by atoms with Crippen molar-refractivity contribution in [1.29, 1.82) is 0 Å². The van der Waals surface area contributed by atoms with E-state index in [9.17, 15) is 5.11 Å². The molecule has 0 heterocycles. The van der Waals surface area contributed by atoms with Gasteiger partial charge in [-0.15, -0.1) is 0 Å². The first-order chi connectivity index (χ1) is 7.54. The Balaban J connectivity index is 2.82. The fourth-order valence-corrected chi connectivity index (χ4v) is 1.73. The van der Waals surface area contributed by atoms with Gasteiger partial charge in [-0.05, 0) is 56.1 Å². The maximum absolute atomic E-state index is 9.66. The summed E-state index contributed by atoms with van der Waals surface area (Å²) in [5.74, 6) is 0.400. The molecule has 0 aliphatic rings. The van der Waals surface area contributed by atoms with Crippen LogP contribution in [0.3, 0.4) is 0 Å². The summed E-state index contributed by atoms with van der Waals surface area (Å²) in [6, 6.07) is 4.37. The Bertz CT molecular complexity index is 359. The van der Waals surface area contributed by atoms with Crippen molar-refractivity contribution in [3.05, 3.63) is 34.9 Å². The first-order valence-electron chi connectivity index (χ1n) is 5.76. The lowest BCUT2D eigenvalue weighted by Gasteiger charge is -2.07. The van der Waals surface area contributed by atoms with Crippen molar-refractivity contribution in [3.8, 4) is 5.75 Å². The predicted octanol–water partition coefficient (Wildman–Crippen LogP) is 3.02. The molecule has 2 N–H and O–H groups in total. The van der Waals surface area contributed by atoms with E-state index in [2.05, 4.69) is 31.3 Å². The smallest absolute Gasteiger partial charge is 0.121 e. The zero-order valence-corrected chi connectivity index (χ0v) is 10.5. The molecule has 16 heavy (non-hydrogen) atoms. The van der Waals surface area contributed by atoms with Crippen LogP contribution in [0.1, 0.15) is 30.5 Å². The van der Waals surface area contributed by atoms with Gasteiger partial charge in [0.2, 0.25) is 0 Å². The van der Waals surface area contributed by atoms with E-state index in [1.807, 2.05) is 26.0 Å². The Morgan fingerprint density at radius 2 is 1.88 bits per heavy atom. The van der Waals surface area contributed by atoms with E-state index >= 15 is 0 Å². The van der Waals surface area contributed by atoms with Gasteiger partial charge in [0, 0.05) is 6.04 Å². The third-order valence-electron chi connectivity index (χ3n) is 2.62. The zero-order chi connectivity index (χ0) is 12.1. The Kier molecular flexibility index (Phi) is 4.56. The highest BCUT2D eigenvalue weighted by atomic mass is 16.3. The molecule has 2 nitrogen and oxygen atoms in total. The molecule has 0 aliphatic heterocycles. The van der Waals surface area contributed by atoms with Crippen LogP contribution < -0.4 is 5.32 Å². The van der Waals surface area contributed by atoms with Crippen molar-refractivity contribution in [2.75, 3.05) is 6.54 Å². The number of hydrogen-bond donors (Lipinski definition) is 2. The molecule has 0 radical (unpaired) electrons. The molecule has 88 valence electrons. The quantitative estimate of drug-likeness (QED) is 0.816. The fourth-order valence-electron chi connectivity index (χ4n) is 1.73. The minimum absolute atomic E-state index is 0.374. The highest BCUT2D eigenvalue weighted by molar-refractivity contribution is 5.56. The third kappa shape index (κ3) is 3.38.